The fourth-order valence-electron chi connectivity index (χ4n) is 1.68. The van der Waals surface area contributed by atoms with Gasteiger partial charge in [-0.25, -0.2) is 0 Å². The van der Waals surface area contributed by atoms with E-state index >= 15 is 0 Å². The van der Waals surface area contributed by atoms with Crippen LogP contribution in [0.25, 0.3) is 0 Å². The van der Waals surface area contributed by atoms with Gasteiger partial charge in [-0.2, -0.15) is 0 Å². The first-order chi connectivity index (χ1) is 7.16. The zero-order valence-electron chi connectivity index (χ0n) is 8.69. The van der Waals surface area contributed by atoms with E-state index in [2.05, 4.69) is 0 Å². The highest BCUT2D eigenvalue weighted by Gasteiger charge is 2.28. The first-order valence-electron chi connectivity index (χ1n) is 5.05. The van der Waals surface area contributed by atoms with Crippen LogP contribution in [0.5, 0.6) is 0 Å². The van der Waals surface area contributed by atoms with E-state index in [1.165, 1.54) is 10.5 Å². The van der Waals surface area contributed by atoms with E-state index in [0.29, 0.717) is 19.4 Å². The molecule has 2 amide bonds. The van der Waals surface area contributed by atoms with Gasteiger partial charge in [0.15, 0.2) is 0 Å². The summed E-state index contributed by atoms with van der Waals surface area (Å²) in [6.07, 6.45) is 0.732. The lowest BCUT2D eigenvalue weighted by Crippen LogP contribution is -2.28. The van der Waals surface area contributed by atoms with E-state index < -0.39 is 0 Å². The number of benzene rings is 1. The molecule has 1 aliphatic rings. The van der Waals surface area contributed by atoms with Crippen LogP contribution >= 0.6 is 0 Å². The highest BCUT2D eigenvalue weighted by molar-refractivity contribution is 6.01. The van der Waals surface area contributed by atoms with Gasteiger partial charge in [-0.15, -0.1) is 0 Å². The molecule has 15 heavy (non-hydrogen) atoms. The molecule has 3 nitrogen and oxygen atoms in total. The van der Waals surface area contributed by atoms with Crippen molar-refractivity contribution in [2.24, 2.45) is 0 Å². The van der Waals surface area contributed by atoms with Crippen LogP contribution in [0.15, 0.2) is 24.3 Å². The smallest absolute Gasteiger partial charge is 0.229 e. The van der Waals surface area contributed by atoms with Gasteiger partial charge in [0.25, 0.3) is 0 Å². The van der Waals surface area contributed by atoms with Crippen molar-refractivity contribution in [1.29, 1.82) is 0 Å². The molecule has 2 rings (SSSR count). The second-order valence-corrected chi connectivity index (χ2v) is 3.86. The predicted octanol–water partition coefficient (Wildman–Crippen LogP) is 1.64. The summed E-state index contributed by atoms with van der Waals surface area (Å²) in [4.78, 5) is 24.1. The van der Waals surface area contributed by atoms with Crippen molar-refractivity contribution in [2.45, 2.75) is 26.3 Å². The number of aryl methyl sites for hydroxylation is 1. The average molecular weight is 203 g/mol. The molecule has 1 heterocycles. The minimum absolute atomic E-state index is 0.0550. The third kappa shape index (κ3) is 2.06. The molecule has 1 aromatic rings. The largest absolute Gasteiger partial charge is 0.278 e. The van der Waals surface area contributed by atoms with Crippen molar-refractivity contribution >= 4 is 11.8 Å². The van der Waals surface area contributed by atoms with Crippen LogP contribution in [0.2, 0.25) is 0 Å². The van der Waals surface area contributed by atoms with Crippen LogP contribution in [-0.4, -0.2) is 16.7 Å². The highest BCUT2D eigenvalue weighted by atomic mass is 16.2. The van der Waals surface area contributed by atoms with Gasteiger partial charge in [0.1, 0.15) is 0 Å². The summed E-state index contributed by atoms with van der Waals surface area (Å²) < 4.78 is 0. The number of hydrogen-bond donors (Lipinski definition) is 0. The summed E-state index contributed by atoms with van der Waals surface area (Å²) in [5, 5.41) is 0. The van der Waals surface area contributed by atoms with Gasteiger partial charge in [0.2, 0.25) is 11.8 Å². The topological polar surface area (TPSA) is 37.4 Å². The second-order valence-electron chi connectivity index (χ2n) is 3.86. The third-order valence-electron chi connectivity index (χ3n) is 2.62. The van der Waals surface area contributed by atoms with Gasteiger partial charge < -0.3 is 0 Å². The molecule has 1 aromatic carbocycles. The molecule has 3 heteroatoms. The van der Waals surface area contributed by atoms with Crippen molar-refractivity contribution in [3.8, 4) is 0 Å². The summed E-state index contributed by atoms with van der Waals surface area (Å²) in [5.41, 5.74) is 2.18. The second kappa shape index (κ2) is 3.85. The number of rotatable bonds is 2. The number of carbonyl (C=O) groups is 2. The Bertz CT molecular complexity index is 379. The lowest BCUT2D eigenvalue weighted by atomic mass is 10.1. The Kier molecular flexibility index (Phi) is 2.54. The molecule has 0 saturated carbocycles. The molecule has 78 valence electrons. The number of nitrogens with zero attached hydrogens (tertiary/aromatic N) is 1. The fourth-order valence-corrected chi connectivity index (χ4v) is 1.68. The molecule has 0 aliphatic carbocycles. The van der Waals surface area contributed by atoms with Crippen LogP contribution in [-0.2, 0) is 16.1 Å². The average Bonchev–Trinajstić information content (AvgIpc) is 2.53. The van der Waals surface area contributed by atoms with E-state index in [9.17, 15) is 9.59 Å². The van der Waals surface area contributed by atoms with E-state index in [1.807, 2.05) is 31.2 Å². The highest BCUT2D eigenvalue weighted by Crippen LogP contribution is 2.15. The van der Waals surface area contributed by atoms with E-state index in [0.717, 1.165) is 5.56 Å². The Morgan fingerprint density at radius 3 is 2.13 bits per heavy atom. The minimum atomic E-state index is -0.0550. The predicted molar refractivity (Wildman–Crippen MR) is 56.0 cm³/mol. The van der Waals surface area contributed by atoms with E-state index in [4.69, 9.17) is 0 Å². The molecular formula is C12H13NO2. The zero-order valence-corrected chi connectivity index (χ0v) is 8.69. The maximum absolute atomic E-state index is 11.4. The number of hydrogen-bond acceptors (Lipinski definition) is 2. The standard InChI is InChI=1S/C12H13NO2/c1-9-2-4-10(5-3-9)8-13-11(14)6-7-12(13)15/h2-5H,6-8H2,1H3. The Balaban J connectivity index is 2.11. The molecule has 0 unspecified atom stereocenters. The summed E-state index contributed by atoms with van der Waals surface area (Å²) in [6.45, 7) is 2.42. The molecule has 0 bridgehead atoms. The van der Waals surface area contributed by atoms with Crippen LogP contribution in [0.4, 0.5) is 0 Å². The molecule has 1 saturated heterocycles. The normalized spacial score (nSPS) is 16.2. The molecule has 1 aliphatic heterocycles. The first kappa shape index (κ1) is 9.90. The number of carbonyl (C=O) groups excluding carboxylic acids is 2. The van der Waals surface area contributed by atoms with Gasteiger partial charge >= 0.3 is 0 Å². The molecule has 1 fully saturated rings. The van der Waals surface area contributed by atoms with Crippen LogP contribution in [0.1, 0.15) is 24.0 Å². The minimum Gasteiger partial charge on any atom is -0.278 e. The van der Waals surface area contributed by atoms with Gasteiger partial charge in [-0.3, -0.25) is 14.5 Å². The third-order valence-corrected chi connectivity index (χ3v) is 2.62. The molecule has 0 aromatic heterocycles. The van der Waals surface area contributed by atoms with E-state index in [-0.39, 0.29) is 11.8 Å². The van der Waals surface area contributed by atoms with Crippen molar-refractivity contribution in [1.82, 2.24) is 4.90 Å². The van der Waals surface area contributed by atoms with Gasteiger partial charge in [0.05, 0.1) is 6.54 Å². The van der Waals surface area contributed by atoms with E-state index in [1.54, 1.807) is 0 Å². The van der Waals surface area contributed by atoms with Crippen molar-refractivity contribution < 1.29 is 9.59 Å². The lowest BCUT2D eigenvalue weighted by molar-refractivity contribution is -0.139. The van der Waals surface area contributed by atoms with Crippen molar-refractivity contribution in [3.63, 3.8) is 0 Å². The Morgan fingerprint density at radius 1 is 1.07 bits per heavy atom. The maximum atomic E-state index is 11.4. The SMILES string of the molecule is Cc1ccc(CN2C(=O)CCC2=O)cc1. The Labute approximate surface area is 88.7 Å². The van der Waals surface area contributed by atoms with Gasteiger partial charge in [-0.05, 0) is 12.5 Å². The van der Waals surface area contributed by atoms with Crippen molar-refractivity contribution in [2.75, 3.05) is 0 Å². The fraction of sp³-hybridized carbons (Fsp3) is 0.333. The maximum Gasteiger partial charge on any atom is 0.229 e. The summed E-state index contributed by atoms with van der Waals surface area (Å²) in [5.74, 6) is -0.110. The summed E-state index contributed by atoms with van der Waals surface area (Å²) in [7, 11) is 0. The molecular weight excluding hydrogens is 190 g/mol. The molecule has 0 N–H and O–H groups in total. The quantitative estimate of drug-likeness (QED) is 0.685. The van der Waals surface area contributed by atoms with Crippen LogP contribution in [0, 0.1) is 6.92 Å². The number of likely N-dealkylation sites (tertiary alicyclic amines) is 1. The Morgan fingerprint density at radius 2 is 1.60 bits per heavy atom. The van der Waals surface area contributed by atoms with Crippen LogP contribution in [0.3, 0.4) is 0 Å². The molecule has 0 atom stereocenters. The zero-order chi connectivity index (χ0) is 10.8. The first-order valence-corrected chi connectivity index (χ1v) is 5.05. The number of amides is 2. The molecule has 0 radical (unpaired) electrons. The van der Waals surface area contributed by atoms with Crippen LogP contribution < -0.4 is 0 Å². The van der Waals surface area contributed by atoms with Gasteiger partial charge in [0, 0.05) is 12.8 Å². The number of imide groups is 1. The Hall–Kier alpha value is -1.64. The van der Waals surface area contributed by atoms with Gasteiger partial charge in [-0.1, -0.05) is 29.8 Å². The van der Waals surface area contributed by atoms with Crippen molar-refractivity contribution in [3.05, 3.63) is 35.4 Å². The molecule has 0 spiro atoms. The summed E-state index contributed by atoms with van der Waals surface area (Å²) >= 11 is 0. The summed E-state index contributed by atoms with van der Waals surface area (Å²) in [6, 6.07) is 7.88. The monoisotopic (exact) mass is 203 g/mol. The lowest BCUT2D eigenvalue weighted by Gasteiger charge is -2.13.